The van der Waals surface area contributed by atoms with Gasteiger partial charge in [0, 0.05) is 13.1 Å². The van der Waals surface area contributed by atoms with Crippen molar-refractivity contribution in [1.82, 2.24) is 0 Å². The molecule has 2 N–H and O–H groups in total. The maximum atomic E-state index is 11.0. The van der Waals surface area contributed by atoms with Crippen molar-refractivity contribution in [1.29, 1.82) is 0 Å². The van der Waals surface area contributed by atoms with Gasteiger partial charge in [-0.15, -0.1) is 0 Å². The number of nitrogens with two attached hydrogens (primary N) is 1. The molecule has 5 nitrogen and oxygen atoms in total. The Bertz CT molecular complexity index is 417. The number of carbonyl (C=O) groups excluding carboxylic acids is 1. The molecule has 0 unspecified atom stereocenters. The number of hydrogen-bond donors (Lipinski definition) is 1. The molecular formula is C10H12N2O3. The first-order valence-corrected chi connectivity index (χ1v) is 4.53. The Morgan fingerprint density at radius 2 is 2.00 bits per heavy atom. The Hall–Kier alpha value is -1.91. The third-order valence-electron chi connectivity index (χ3n) is 2.38. The van der Waals surface area contributed by atoms with E-state index in [0.29, 0.717) is 11.5 Å². The van der Waals surface area contributed by atoms with Crippen LogP contribution in [0.4, 0.5) is 10.5 Å². The number of hydrogen-bond acceptors (Lipinski definition) is 3. The highest BCUT2D eigenvalue weighted by atomic mass is 16.7. The standard InChI is InChI=1S/C10H12N2O3/c1-6-3-8-9(15-5-14-8)4-7(6)12(2)10(11)13/h3-4H,5H2,1-2H3,(H2,11,13). The second-order valence-corrected chi connectivity index (χ2v) is 3.39. The molecule has 0 aliphatic carbocycles. The molecule has 1 aliphatic rings. The first-order valence-electron chi connectivity index (χ1n) is 4.53. The zero-order valence-corrected chi connectivity index (χ0v) is 8.61. The minimum Gasteiger partial charge on any atom is -0.454 e. The summed E-state index contributed by atoms with van der Waals surface area (Å²) in [4.78, 5) is 12.4. The zero-order valence-electron chi connectivity index (χ0n) is 8.61. The summed E-state index contributed by atoms with van der Waals surface area (Å²) >= 11 is 0. The van der Waals surface area contributed by atoms with Gasteiger partial charge in [0.05, 0.1) is 5.69 Å². The van der Waals surface area contributed by atoms with E-state index < -0.39 is 6.03 Å². The Balaban J connectivity index is 2.44. The molecule has 1 aromatic carbocycles. The van der Waals surface area contributed by atoms with Crippen molar-refractivity contribution in [2.24, 2.45) is 5.73 Å². The normalized spacial score (nSPS) is 12.7. The van der Waals surface area contributed by atoms with Crippen molar-refractivity contribution in [3.05, 3.63) is 17.7 Å². The van der Waals surface area contributed by atoms with Crippen LogP contribution in [0.15, 0.2) is 12.1 Å². The van der Waals surface area contributed by atoms with Crippen molar-refractivity contribution in [2.75, 3.05) is 18.7 Å². The number of nitrogens with zero attached hydrogens (tertiary/aromatic N) is 1. The van der Waals surface area contributed by atoms with Gasteiger partial charge >= 0.3 is 6.03 Å². The number of aryl methyl sites for hydroxylation is 1. The Kier molecular flexibility index (Phi) is 2.15. The van der Waals surface area contributed by atoms with Gasteiger partial charge in [-0.25, -0.2) is 4.79 Å². The smallest absolute Gasteiger partial charge is 0.319 e. The monoisotopic (exact) mass is 208 g/mol. The maximum Gasteiger partial charge on any atom is 0.319 e. The maximum absolute atomic E-state index is 11.0. The van der Waals surface area contributed by atoms with Crippen LogP contribution in [0.5, 0.6) is 11.5 Å². The van der Waals surface area contributed by atoms with Crippen molar-refractivity contribution in [3.8, 4) is 11.5 Å². The molecule has 1 heterocycles. The van der Waals surface area contributed by atoms with Crippen molar-refractivity contribution >= 4 is 11.7 Å². The number of urea groups is 1. The van der Waals surface area contributed by atoms with Gasteiger partial charge in [0.1, 0.15) is 0 Å². The second kappa shape index (κ2) is 3.34. The molecule has 0 radical (unpaired) electrons. The summed E-state index contributed by atoms with van der Waals surface area (Å²) in [6, 6.07) is 3.08. The molecule has 0 atom stereocenters. The number of ether oxygens (including phenoxy) is 2. The average molecular weight is 208 g/mol. The first-order chi connectivity index (χ1) is 7.09. The van der Waals surface area contributed by atoms with Crippen LogP contribution in [0.25, 0.3) is 0 Å². The van der Waals surface area contributed by atoms with E-state index >= 15 is 0 Å². The van der Waals surface area contributed by atoms with E-state index in [-0.39, 0.29) is 6.79 Å². The minimum absolute atomic E-state index is 0.221. The van der Waals surface area contributed by atoms with Gasteiger partial charge in [-0.2, -0.15) is 0 Å². The number of anilines is 1. The molecular weight excluding hydrogens is 196 g/mol. The number of fused-ring (bicyclic) bond motifs is 1. The van der Waals surface area contributed by atoms with E-state index in [2.05, 4.69) is 0 Å². The summed E-state index contributed by atoms with van der Waals surface area (Å²) < 4.78 is 10.4. The van der Waals surface area contributed by atoms with Crippen molar-refractivity contribution < 1.29 is 14.3 Å². The van der Waals surface area contributed by atoms with Crippen LogP contribution >= 0.6 is 0 Å². The molecule has 80 valence electrons. The SMILES string of the molecule is Cc1cc2c(cc1N(C)C(N)=O)OCO2. The fourth-order valence-corrected chi connectivity index (χ4v) is 1.51. The average Bonchev–Trinajstić information content (AvgIpc) is 2.62. The lowest BCUT2D eigenvalue weighted by atomic mass is 10.1. The molecule has 0 bridgehead atoms. The lowest BCUT2D eigenvalue weighted by Crippen LogP contribution is -2.32. The summed E-state index contributed by atoms with van der Waals surface area (Å²) in [7, 11) is 1.62. The Morgan fingerprint density at radius 1 is 1.40 bits per heavy atom. The van der Waals surface area contributed by atoms with Gasteiger partial charge in [-0.1, -0.05) is 0 Å². The molecule has 0 saturated carbocycles. The largest absolute Gasteiger partial charge is 0.454 e. The van der Waals surface area contributed by atoms with E-state index in [4.69, 9.17) is 15.2 Å². The minimum atomic E-state index is -0.503. The van der Waals surface area contributed by atoms with Crippen LogP contribution in [0.2, 0.25) is 0 Å². The van der Waals surface area contributed by atoms with Crippen LogP contribution < -0.4 is 20.1 Å². The second-order valence-electron chi connectivity index (χ2n) is 3.39. The molecule has 0 saturated heterocycles. The van der Waals surface area contributed by atoms with Gasteiger partial charge in [0.2, 0.25) is 6.79 Å². The molecule has 2 amide bonds. The summed E-state index contributed by atoms with van der Waals surface area (Å²) in [6.45, 7) is 2.11. The summed E-state index contributed by atoms with van der Waals surface area (Å²) in [5.41, 5.74) is 6.84. The Labute approximate surface area is 87.4 Å². The van der Waals surface area contributed by atoms with E-state index in [1.807, 2.05) is 13.0 Å². The van der Waals surface area contributed by atoms with Crippen LogP contribution in [0.3, 0.4) is 0 Å². The summed E-state index contributed by atoms with van der Waals surface area (Å²) in [6.07, 6.45) is 0. The van der Waals surface area contributed by atoms with Gasteiger partial charge in [-0.05, 0) is 18.6 Å². The number of amides is 2. The van der Waals surface area contributed by atoms with E-state index in [0.717, 1.165) is 11.3 Å². The van der Waals surface area contributed by atoms with Gasteiger partial charge in [0.25, 0.3) is 0 Å². The predicted molar refractivity (Wildman–Crippen MR) is 55.3 cm³/mol. The molecule has 2 rings (SSSR count). The van der Waals surface area contributed by atoms with Crippen LogP contribution in [-0.4, -0.2) is 19.9 Å². The number of carbonyl (C=O) groups is 1. The molecule has 0 fully saturated rings. The Morgan fingerprint density at radius 3 is 2.60 bits per heavy atom. The van der Waals surface area contributed by atoms with Crippen molar-refractivity contribution in [3.63, 3.8) is 0 Å². The van der Waals surface area contributed by atoms with Gasteiger partial charge < -0.3 is 15.2 Å². The summed E-state index contributed by atoms with van der Waals surface area (Å²) in [5.74, 6) is 1.35. The van der Waals surface area contributed by atoms with E-state index in [1.54, 1.807) is 13.1 Å². The van der Waals surface area contributed by atoms with Gasteiger partial charge in [-0.3, -0.25) is 4.90 Å². The lowest BCUT2D eigenvalue weighted by molar-refractivity contribution is 0.174. The summed E-state index contributed by atoms with van der Waals surface area (Å²) in [5, 5.41) is 0. The first kappa shape index (κ1) is 9.64. The molecule has 0 spiro atoms. The highest BCUT2D eigenvalue weighted by molar-refractivity contribution is 5.91. The topological polar surface area (TPSA) is 64.8 Å². The highest BCUT2D eigenvalue weighted by Gasteiger charge is 2.18. The fraction of sp³-hybridized carbons (Fsp3) is 0.300. The molecule has 1 aromatic rings. The lowest BCUT2D eigenvalue weighted by Gasteiger charge is -2.17. The third-order valence-corrected chi connectivity index (χ3v) is 2.38. The molecule has 1 aliphatic heterocycles. The van der Waals surface area contributed by atoms with Crippen LogP contribution in [0, 0.1) is 6.92 Å². The zero-order chi connectivity index (χ0) is 11.0. The number of primary amides is 1. The van der Waals surface area contributed by atoms with Crippen LogP contribution in [-0.2, 0) is 0 Å². The van der Waals surface area contributed by atoms with Gasteiger partial charge in [0.15, 0.2) is 11.5 Å². The highest BCUT2D eigenvalue weighted by Crippen LogP contribution is 2.37. The third kappa shape index (κ3) is 1.56. The quantitative estimate of drug-likeness (QED) is 0.755. The molecule has 15 heavy (non-hydrogen) atoms. The van der Waals surface area contributed by atoms with Crippen molar-refractivity contribution in [2.45, 2.75) is 6.92 Å². The fourth-order valence-electron chi connectivity index (χ4n) is 1.51. The number of rotatable bonds is 1. The predicted octanol–water partition coefficient (Wildman–Crippen LogP) is 1.24. The number of benzene rings is 1. The van der Waals surface area contributed by atoms with Crippen LogP contribution in [0.1, 0.15) is 5.56 Å². The molecule has 5 heteroatoms. The van der Waals surface area contributed by atoms with E-state index in [1.165, 1.54) is 4.90 Å². The molecule has 0 aromatic heterocycles. The van der Waals surface area contributed by atoms with E-state index in [9.17, 15) is 4.79 Å².